The van der Waals surface area contributed by atoms with E-state index in [2.05, 4.69) is 15.0 Å². The predicted molar refractivity (Wildman–Crippen MR) is 57.3 cm³/mol. The molecule has 0 spiro atoms. The lowest BCUT2D eigenvalue weighted by molar-refractivity contribution is -0.603. The van der Waals surface area contributed by atoms with Gasteiger partial charge in [0.05, 0.1) is 18.7 Å². The zero-order valence-electron chi connectivity index (χ0n) is 9.11. The molecule has 0 aliphatic carbocycles. The summed E-state index contributed by atoms with van der Waals surface area (Å²) in [6.45, 7) is 0. The van der Waals surface area contributed by atoms with Crippen LogP contribution in [-0.2, 0) is 7.05 Å². The SMILES string of the molecule is Cn1cnc2c([O-])nc(-[n+]3ccccc3)nc21. The maximum absolute atomic E-state index is 11.7. The van der Waals surface area contributed by atoms with Crippen LogP contribution in [0.1, 0.15) is 0 Å². The molecule has 3 heterocycles. The molecular formula is C11H9N5O. The van der Waals surface area contributed by atoms with Crippen LogP contribution in [0, 0.1) is 0 Å². The number of imidazole rings is 1. The van der Waals surface area contributed by atoms with Crippen molar-refractivity contribution in [2.24, 2.45) is 7.05 Å². The molecule has 0 bridgehead atoms. The van der Waals surface area contributed by atoms with Gasteiger partial charge in [-0.3, -0.25) is 0 Å². The fraction of sp³-hybridized carbons (Fsp3) is 0.0909. The Kier molecular flexibility index (Phi) is 2.01. The lowest BCUT2D eigenvalue weighted by Gasteiger charge is -2.01. The second-order valence-corrected chi connectivity index (χ2v) is 3.64. The third-order valence-electron chi connectivity index (χ3n) is 2.46. The van der Waals surface area contributed by atoms with Gasteiger partial charge in [0.25, 0.3) is 0 Å². The number of rotatable bonds is 1. The van der Waals surface area contributed by atoms with Gasteiger partial charge in [-0.1, -0.05) is 11.1 Å². The van der Waals surface area contributed by atoms with Crippen LogP contribution in [0.15, 0.2) is 36.9 Å². The molecule has 6 nitrogen and oxygen atoms in total. The Morgan fingerprint density at radius 3 is 2.71 bits per heavy atom. The highest BCUT2D eigenvalue weighted by atomic mass is 16.3. The van der Waals surface area contributed by atoms with Crippen molar-refractivity contribution in [3.05, 3.63) is 36.9 Å². The summed E-state index contributed by atoms with van der Waals surface area (Å²) in [6, 6.07) is 5.58. The molecule has 3 aromatic rings. The summed E-state index contributed by atoms with van der Waals surface area (Å²) in [5, 5.41) is 11.7. The van der Waals surface area contributed by atoms with Crippen molar-refractivity contribution < 1.29 is 9.67 Å². The van der Waals surface area contributed by atoms with Crippen LogP contribution in [0.5, 0.6) is 5.88 Å². The van der Waals surface area contributed by atoms with Crippen LogP contribution < -0.4 is 9.67 Å². The zero-order chi connectivity index (χ0) is 11.8. The standard InChI is InChI=1S/C11H9N5O/c1-15-7-12-8-9(15)13-11(14-10(8)17)16-5-3-2-4-6-16/h2-7H,1H3. The average molecular weight is 227 g/mol. The molecule has 3 rings (SSSR count). The molecule has 0 radical (unpaired) electrons. The van der Waals surface area contributed by atoms with Gasteiger partial charge in [0.1, 0.15) is 5.88 Å². The van der Waals surface area contributed by atoms with Gasteiger partial charge >= 0.3 is 5.95 Å². The minimum Gasteiger partial charge on any atom is -0.844 e. The van der Waals surface area contributed by atoms with Gasteiger partial charge in [-0.15, -0.1) is 0 Å². The van der Waals surface area contributed by atoms with E-state index < -0.39 is 0 Å². The van der Waals surface area contributed by atoms with Crippen LogP contribution in [0.3, 0.4) is 0 Å². The van der Waals surface area contributed by atoms with Crippen LogP contribution >= 0.6 is 0 Å². The molecule has 17 heavy (non-hydrogen) atoms. The molecule has 3 aromatic heterocycles. The van der Waals surface area contributed by atoms with Gasteiger partial charge in [0, 0.05) is 7.05 Å². The smallest absolute Gasteiger partial charge is 0.438 e. The highest BCUT2D eigenvalue weighted by Gasteiger charge is 2.15. The van der Waals surface area contributed by atoms with Crippen LogP contribution in [0.2, 0.25) is 0 Å². The summed E-state index contributed by atoms with van der Waals surface area (Å²) in [5.74, 6) is -0.00588. The number of hydrogen-bond acceptors (Lipinski definition) is 4. The van der Waals surface area contributed by atoms with E-state index in [1.807, 2.05) is 18.2 Å². The highest BCUT2D eigenvalue weighted by molar-refractivity contribution is 5.75. The Labute approximate surface area is 96.8 Å². The van der Waals surface area contributed by atoms with Crippen molar-refractivity contribution >= 4 is 11.2 Å². The molecule has 84 valence electrons. The van der Waals surface area contributed by atoms with Crippen molar-refractivity contribution in [1.82, 2.24) is 19.5 Å². The first kappa shape index (κ1) is 9.71. The molecule has 0 aliphatic rings. The average Bonchev–Trinajstić information content (AvgIpc) is 2.73. The first-order valence-corrected chi connectivity index (χ1v) is 5.08. The van der Waals surface area contributed by atoms with Gasteiger partial charge in [0.2, 0.25) is 5.65 Å². The lowest BCUT2D eigenvalue weighted by Crippen LogP contribution is -2.32. The van der Waals surface area contributed by atoms with Crippen molar-refractivity contribution in [2.75, 3.05) is 0 Å². The number of aryl methyl sites for hydroxylation is 1. The zero-order valence-corrected chi connectivity index (χ0v) is 9.11. The van der Waals surface area contributed by atoms with Crippen molar-refractivity contribution in [3.63, 3.8) is 0 Å². The van der Waals surface area contributed by atoms with Gasteiger partial charge in [-0.05, 0) is 17.1 Å². The molecule has 0 saturated carbocycles. The quantitative estimate of drug-likeness (QED) is 0.536. The van der Waals surface area contributed by atoms with E-state index in [1.165, 1.54) is 0 Å². The Bertz CT molecular complexity index is 677. The molecule has 0 amide bonds. The maximum atomic E-state index is 11.7. The molecule has 0 aromatic carbocycles. The van der Waals surface area contributed by atoms with Gasteiger partial charge in [-0.25, -0.2) is 9.55 Å². The molecule has 0 atom stereocenters. The van der Waals surface area contributed by atoms with Gasteiger partial charge in [-0.2, -0.15) is 0 Å². The normalized spacial score (nSPS) is 10.9. The Hall–Kier alpha value is -2.50. The maximum Gasteiger partial charge on any atom is 0.438 e. The summed E-state index contributed by atoms with van der Waals surface area (Å²) in [7, 11) is 1.79. The van der Waals surface area contributed by atoms with E-state index in [0.29, 0.717) is 17.1 Å². The monoisotopic (exact) mass is 227 g/mol. The Balaban J connectivity index is 2.28. The topological polar surface area (TPSA) is 70.5 Å². The van der Waals surface area contributed by atoms with Crippen molar-refractivity contribution in [2.45, 2.75) is 0 Å². The summed E-state index contributed by atoms with van der Waals surface area (Å²) in [5.41, 5.74) is 0.837. The van der Waals surface area contributed by atoms with Crippen LogP contribution in [-0.4, -0.2) is 19.5 Å². The van der Waals surface area contributed by atoms with E-state index in [4.69, 9.17) is 0 Å². The summed E-state index contributed by atoms with van der Waals surface area (Å²) in [6.07, 6.45) is 5.13. The number of aromatic nitrogens is 5. The third kappa shape index (κ3) is 1.50. The number of fused-ring (bicyclic) bond motifs is 1. The number of pyridine rings is 1. The van der Waals surface area contributed by atoms with Crippen LogP contribution in [0.4, 0.5) is 0 Å². The first-order chi connectivity index (χ1) is 8.25. The van der Waals surface area contributed by atoms with E-state index in [1.54, 1.807) is 34.9 Å². The van der Waals surface area contributed by atoms with E-state index in [-0.39, 0.29) is 5.88 Å². The third-order valence-corrected chi connectivity index (χ3v) is 2.46. The number of hydrogen-bond donors (Lipinski definition) is 0. The Morgan fingerprint density at radius 1 is 1.18 bits per heavy atom. The van der Waals surface area contributed by atoms with Gasteiger partial charge in [0.15, 0.2) is 5.52 Å². The first-order valence-electron chi connectivity index (χ1n) is 5.08. The molecule has 0 saturated heterocycles. The largest absolute Gasteiger partial charge is 0.844 e. The minimum absolute atomic E-state index is 0.299. The van der Waals surface area contributed by atoms with Crippen molar-refractivity contribution in [1.29, 1.82) is 0 Å². The van der Waals surface area contributed by atoms with Gasteiger partial charge < -0.3 is 9.67 Å². The second-order valence-electron chi connectivity index (χ2n) is 3.64. The molecule has 6 heteroatoms. The minimum atomic E-state index is -0.359. The fourth-order valence-electron chi connectivity index (χ4n) is 1.62. The molecular weight excluding hydrogens is 218 g/mol. The number of nitrogens with zero attached hydrogens (tertiary/aromatic N) is 5. The molecule has 0 N–H and O–H groups in total. The van der Waals surface area contributed by atoms with Crippen molar-refractivity contribution in [3.8, 4) is 11.8 Å². The predicted octanol–water partition coefficient (Wildman–Crippen LogP) is -0.286. The van der Waals surface area contributed by atoms with E-state index >= 15 is 0 Å². The van der Waals surface area contributed by atoms with E-state index in [0.717, 1.165) is 0 Å². The van der Waals surface area contributed by atoms with Crippen LogP contribution in [0.25, 0.3) is 17.1 Å². The summed E-state index contributed by atoms with van der Waals surface area (Å²) < 4.78 is 3.39. The summed E-state index contributed by atoms with van der Waals surface area (Å²) >= 11 is 0. The summed E-state index contributed by atoms with van der Waals surface area (Å²) in [4.78, 5) is 12.2. The lowest BCUT2D eigenvalue weighted by atomic mass is 10.5. The second kappa shape index (κ2) is 3.51. The molecule has 0 aliphatic heterocycles. The molecule has 0 fully saturated rings. The fourth-order valence-corrected chi connectivity index (χ4v) is 1.62. The Morgan fingerprint density at radius 2 is 1.94 bits per heavy atom. The van der Waals surface area contributed by atoms with E-state index in [9.17, 15) is 5.11 Å². The molecule has 0 unspecified atom stereocenters. The highest BCUT2D eigenvalue weighted by Crippen LogP contribution is 2.15.